The zero-order valence-corrected chi connectivity index (χ0v) is 48.4. The molecule has 1 rings (SSSR count). The first-order valence-electron chi connectivity index (χ1n) is 26.6. The first-order chi connectivity index (χ1) is 35.5. The van der Waals surface area contributed by atoms with Crippen molar-refractivity contribution < 1.29 is 72.7 Å². The lowest BCUT2D eigenvalue weighted by atomic mass is 9.83. The van der Waals surface area contributed by atoms with E-state index >= 15 is 0 Å². The minimum absolute atomic E-state index is 0.0230. The first kappa shape index (κ1) is 69.5. The molecule has 0 saturated carbocycles. The fraction of sp³-hybridized carbons (Fsp3) is 0.811. The molecule has 8 N–H and O–H groups in total. The number of nitrogens with one attached hydrogen (secondary N) is 3. The second-order valence-corrected chi connectivity index (χ2v) is 22.3. The minimum atomic E-state index is -1.66. The number of carboxylic acids is 2. The Balaban J connectivity index is 3.33. The van der Waals surface area contributed by atoms with Crippen LogP contribution in [0.25, 0.3) is 0 Å². The molecule has 0 aromatic carbocycles. The summed E-state index contributed by atoms with van der Waals surface area (Å²) >= 11 is 1.43. The van der Waals surface area contributed by atoms with E-state index in [4.69, 9.17) is 15.2 Å². The average molecular weight is 1100 g/mol. The van der Waals surface area contributed by atoms with E-state index in [0.717, 1.165) is 0 Å². The van der Waals surface area contributed by atoms with Crippen LogP contribution in [0.2, 0.25) is 0 Å². The summed E-state index contributed by atoms with van der Waals surface area (Å²) in [7, 11) is 8.26. The Morgan fingerprint density at radius 2 is 1.39 bits per heavy atom. The number of hydrogen-bond donors (Lipinski definition) is 7. The van der Waals surface area contributed by atoms with E-state index in [9.17, 15) is 63.3 Å². The van der Waals surface area contributed by atoms with Crippen LogP contribution in [0.1, 0.15) is 126 Å². The van der Waals surface area contributed by atoms with Crippen LogP contribution in [-0.4, -0.2) is 204 Å². The predicted octanol–water partition coefficient (Wildman–Crippen LogP) is 2.15. The zero-order chi connectivity index (χ0) is 58.3. The highest BCUT2D eigenvalue weighted by molar-refractivity contribution is 7.98. The normalized spacial score (nSPS) is 18.5. The van der Waals surface area contributed by atoms with E-state index in [1.165, 1.54) is 32.9 Å². The van der Waals surface area contributed by atoms with Crippen molar-refractivity contribution in [1.82, 2.24) is 30.7 Å². The summed E-state index contributed by atoms with van der Waals surface area (Å²) in [5.41, 5.74) is 5.70. The Morgan fingerprint density at radius 3 is 1.88 bits per heavy atom. The number of rotatable bonds is 38. The number of amides is 5. The monoisotopic (exact) mass is 1100 g/mol. The Hall–Kier alpha value is -4.55. The summed E-state index contributed by atoms with van der Waals surface area (Å²) in [4.78, 5) is 138. The van der Waals surface area contributed by atoms with E-state index in [0.29, 0.717) is 31.6 Å². The SMILES string of the molecule is CC[C@H](C)[C@@H]([C@@H](CC(=O)N1CCC[C@H]1C(OC)[C@@H](C)C(=O)N[C@H](C(=O)C[C@@H](CCC(=O)O)C(=O)N[C@@H](CCC(=O)[C@H](CN)NC(=O)CCSC)C(=O)O)C(C)O)OC)N(C)C(=O)[C@@H](CC(=O)[C@H](C(C)C)N(C)C)C(C)C. The van der Waals surface area contributed by atoms with E-state index in [2.05, 4.69) is 16.0 Å². The molecule has 5 amide bonds. The molecule has 0 radical (unpaired) electrons. The molecule has 0 spiro atoms. The van der Waals surface area contributed by atoms with Crippen LogP contribution >= 0.6 is 11.8 Å². The Bertz CT molecular complexity index is 1930. The first-order valence-corrected chi connectivity index (χ1v) is 28.0. The van der Waals surface area contributed by atoms with Gasteiger partial charge in [0.05, 0.1) is 54.8 Å². The molecule has 23 heteroatoms. The molecule has 76 heavy (non-hydrogen) atoms. The number of methoxy groups -OCH3 is 2. The van der Waals surface area contributed by atoms with Crippen molar-refractivity contribution in [2.45, 2.75) is 181 Å². The number of aliphatic hydroxyl groups excluding tert-OH is 1. The minimum Gasteiger partial charge on any atom is -0.481 e. The summed E-state index contributed by atoms with van der Waals surface area (Å²) in [6.45, 7) is 14.6. The third-order valence-corrected chi connectivity index (χ3v) is 15.4. The zero-order valence-electron chi connectivity index (χ0n) is 47.6. The lowest BCUT2D eigenvalue weighted by molar-refractivity contribution is -0.149. The molecule has 1 aliphatic heterocycles. The number of likely N-dealkylation sites (N-methyl/N-ethyl adjacent to an activating group) is 2. The molecule has 0 bridgehead atoms. The van der Waals surface area contributed by atoms with Gasteiger partial charge in [-0.1, -0.05) is 54.9 Å². The van der Waals surface area contributed by atoms with Crippen molar-refractivity contribution >= 4 is 70.6 Å². The van der Waals surface area contributed by atoms with Crippen molar-refractivity contribution in [3.05, 3.63) is 0 Å². The summed E-state index contributed by atoms with van der Waals surface area (Å²) < 4.78 is 11.9. The summed E-state index contributed by atoms with van der Waals surface area (Å²) in [6.07, 6.45) is -2.20. The van der Waals surface area contributed by atoms with Crippen LogP contribution in [0.4, 0.5) is 0 Å². The van der Waals surface area contributed by atoms with Crippen LogP contribution in [0, 0.1) is 35.5 Å². The van der Waals surface area contributed by atoms with Crippen LogP contribution in [0.5, 0.6) is 0 Å². The summed E-state index contributed by atoms with van der Waals surface area (Å²) in [6, 6.07) is -5.90. The van der Waals surface area contributed by atoms with Crippen molar-refractivity contribution in [1.29, 1.82) is 0 Å². The highest BCUT2D eigenvalue weighted by Crippen LogP contribution is 2.31. The molecular formula is C53H93N7O15S. The molecule has 436 valence electrons. The number of aliphatic hydroxyl groups is 1. The number of thioether (sulfide) groups is 1. The van der Waals surface area contributed by atoms with Crippen LogP contribution < -0.4 is 21.7 Å². The smallest absolute Gasteiger partial charge is 0.326 e. The highest BCUT2D eigenvalue weighted by Gasteiger charge is 2.44. The number of Topliss-reactive ketones (excluding diaryl/α,β-unsaturated/α-hetero) is 3. The number of hydrogen-bond acceptors (Lipinski definition) is 16. The number of carbonyl (C=O) groups is 10. The molecule has 1 heterocycles. The molecule has 22 nitrogen and oxygen atoms in total. The Morgan fingerprint density at radius 1 is 0.763 bits per heavy atom. The molecule has 1 aliphatic rings. The fourth-order valence-electron chi connectivity index (χ4n) is 10.3. The van der Waals surface area contributed by atoms with Crippen LogP contribution in [0.3, 0.4) is 0 Å². The molecular weight excluding hydrogens is 1010 g/mol. The standard InChI is InChI=1S/C53H93N7O15S/c1-15-31(6)48(59(11)52(71)35(29(2)3)26-41(64)47(30(4)5)58(9)10)42(74-12)27-44(66)60-23-16-17-38(60)49(75-13)32(7)50(69)57-46(33(8)61)40(63)25-34(18-21-45(67)68)51(70)56-36(53(72)73)19-20-39(62)37(28-54)55-43(65)22-24-76-14/h29-38,42,46-49,61H,15-28,54H2,1-14H3,(H,55,65)(H,56,70)(H,57,69)(H,67,68)(H,72,73)/t31-,32+,33?,34+,35-,36-,37-,38-,42+,46-,47-,48-,49?/m0/s1. The number of nitrogens with zero attached hydrogens (tertiary/aromatic N) is 3. The molecule has 2 unspecified atom stereocenters. The second-order valence-electron chi connectivity index (χ2n) is 21.3. The molecule has 13 atom stereocenters. The number of likely N-dealkylation sites (tertiary alicyclic amines) is 1. The Labute approximate surface area is 454 Å². The van der Waals surface area contributed by atoms with Gasteiger partial charge < -0.3 is 56.3 Å². The highest BCUT2D eigenvalue weighted by atomic mass is 32.2. The van der Waals surface area contributed by atoms with E-state index < -0.39 is 140 Å². The van der Waals surface area contributed by atoms with Gasteiger partial charge in [-0.3, -0.25) is 48.1 Å². The van der Waals surface area contributed by atoms with Crippen molar-refractivity contribution in [2.75, 3.05) is 60.5 Å². The lowest BCUT2D eigenvalue weighted by Crippen LogP contribution is -2.55. The van der Waals surface area contributed by atoms with Crippen molar-refractivity contribution in [3.63, 3.8) is 0 Å². The van der Waals surface area contributed by atoms with Gasteiger partial charge in [0.15, 0.2) is 17.3 Å². The summed E-state index contributed by atoms with van der Waals surface area (Å²) in [5.74, 6) is -9.79. The lowest BCUT2D eigenvalue weighted by Gasteiger charge is -2.41. The fourth-order valence-corrected chi connectivity index (χ4v) is 10.6. The van der Waals surface area contributed by atoms with Gasteiger partial charge in [-0.2, -0.15) is 11.8 Å². The number of nitrogens with two attached hydrogens (primary N) is 1. The maximum absolute atomic E-state index is 14.4. The van der Waals surface area contributed by atoms with Crippen LogP contribution in [0.15, 0.2) is 0 Å². The van der Waals surface area contributed by atoms with Crippen molar-refractivity contribution in [2.24, 2.45) is 41.2 Å². The predicted molar refractivity (Wildman–Crippen MR) is 288 cm³/mol. The van der Waals surface area contributed by atoms with E-state index in [-0.39, 0.29) is 67.2 Å². The van der Waals surface area contributed by atoms with Gasteiger partial charge in [0.2, 0.25) is 29.5 Å². The van der Waals surface area contributed by atoms with E-state index in [1.54, 1.807) is 23.8 Å². The third kappa shape index (κ3) is 21.4. The van der Waals surface area contributed by atoms with Gasteiger partial charge in [-0.05, 0) is 70.7 Å². The third-order valence-electron chi connectivity index (χ3n) is 14.8. The van der Waals surface area contributed by atoms with Gasteiger partial charge in [0.1, 0.15) is 12.1 Å². The largest absolute Gasteiger partial charge is 0.481 e. The molecule has 1 saturated heterocycles. The maximum atomic E-state index is 14.4. The van der Waals surface area contributed by atoms with Crippen molar-refractivity contribution in [3.8, 4) is 0 Å². The molecule has 1 fully saturated rings. The van der Waals surface area contributed by atoms with E-state index in [1.807, 2.05) is 66.8 Å². The quantitative estimate of drug-likeness (QED) is 0.0466. The topological polar surface area (TPSA) is 322 Å². The summed E-state index contributed by atoms with van der Waals surface area (Å²) in [5, 5.41) is 37.6. The maximum Gasteiger partial charge on any atom is 0.326 e. The van der Waals surface area contributed by atoms with Gasteiger partial charge in [0.25, 0.3) is 0 Å². The molecule has 0 aromatic heterocycles. The number of carboxylic acid groups (broad SMARTS) is 2. The molecule has 0 aromatic rings. The number of aliphatic carboxylic acids is 2. The second kappa shape index (κ2) is 34.4. The Kier molecular flexibility index (Phi) is 31.4. The van der Waals surface area contributed by atoms with Gasteiger partial charge >= 0.3 is 11.9 Å². The van der Waals surface area contributed by atoms with Gasteiger partial charge in [0, 0.05) is 84.0 Å². The van der Waals surface area contributed by atoms with Gasteiger partial charge in [-0.15, -0.1) is 0 Å². The van der Waals surface area contributed by atoms with Crippen LogP contribution in [-0.2, 0) is 57.4 Å². The van der Waals surface area contributed by atoms with Gasteiger partial charge in [-0.25, -0.2) is 4.79 Å². The number of ether oxygens (including phenoxy) is 2. The molecule has 0 aliphatic carbocycles. The number of carbonyl (C=O) groups excluding carboxylic acids is 8. The average Bonchev–Trinajstić information content (AvgIpc) is 3.84. The number of ketones is 3.